The Labute approximate surface area is 133 Å². The quantitative estimate of drug-likeness (QED) is 0.769. The zero-order valence-electron chi connectivity index (χ0n) is 12.9. The second-order valence-corrected chi connectivity index (χ2v) is 6.40. The van der Waals surface area contributed by atoms with E-state index in [0.717, 1.165) is 42.4 Å². The van der Waals surface area contributed by atoms with Gasteiger partial charge in [0.25, 0.3) is 0 Å². The average molecular weight is 313 g/mol. The molecule has 118 valence electrons. The number of aliphatic imine (C=N–C) groups is 1. The zero-order chi connectivity index (χ0) is 16.0. The van der Waals surface area contributed by atoms with E-state index in [2.05, 4.69) is 11.1 Å². The Hall–Kier alpha value is -2.23. The van der Waals surface area contributed by atoms with E-state index in [1.807, 2.05) is 19.1 Å². The summed E-state index contributed by atoms with van der Waals surface area (Å²) in [6.07, 6.45) is 2.48. The van der Waals surface area contributed by atoms with Crippen molar-refractivity contribution in [2.24, 2.45) is 4.99 Å². The molecule has 1 atom stereocenters. The van der Waals surface area contributed by atoms with Crippen LogP contribution in [0.5, 0.6) is 0 Å². The molecule has 4 heteroatoms. The minimum absolute atomic E-state index is 0.233. The predicted octanol–water partition coefficient (Wildman–Crippen LogP) is 4.31. The van der Waals surface area contributed by atoms with Gasteiger partial charge in [0.2, 0.25) is 0 Å². The maximum absolute atomic E-state index is 13.6. The predicted molar refractivity (Wildman–Crippen MR) is 85.6 cm³/mol. The molecular weight excluding hydrogens is 296 g/mol. The number of benzene rings is 2. The molecule has 1 aliphatic carbocycles. The van der Waals surface area contributed by atoms with Crippen molar-refractivity contribution in [3.8, 4) is 11.1 Å². The number of nitrogens with zero attached hydrogens (tertiary/aromatic N) is 1. The molecule has 4 rings (SSSR count). The number of hydrogen-bond acceptors (Lipinski definition) is 2. The van der Waals surface area contributed by atoms with E-state index < -0.39 is 11.6 Å². The highest BCUT2D eigenvalue weighted by molar-refractivity contribution is 5.76. The van der Waals surface area contributed by atoms with Crippen molar-refractivity contribution in [3.05, 3.63) is 59.2 Å². The van der Waals surface area contributed by atoms with Crippen LogP contribution in [0.3, 0.4) is 0 Å². The fraction of sp³-hybridized carbons (Fsp3) is 0.316. The smallest absolute Gasteiger partial charge is 0.180 e. The van der Waals surface area contributed by atoms with E-state index in [-0.39, 0.29) is 5.60 Å². The number of halogens is 2. The molecule has 0 saturated carbocycles. The van der Waals surface area contributed by atoms with E-state index in [1.165, 1.54) is 17.7 Å². The van der Waals surface area contributed by atoms with Crippen LogP contribution in [0.4, 0.5) is 8.78 Å². The maximum Gasteiger partial charge on any atom is 0.180 e. The largest absolute Gasteiger partial charge is 0.472 e. The van der Waals surface area contributed by atoms with Crippen LogP contribution in [0, 0.1) is 11.6 Å². The molecule has 2 nitrogen and oxygen atoms in total. The summed E-state index contributed by atoms with van der Waals surface area (Å²) >= 11 is 0. The Bertz CT molecular complexity index is 795. The van der Waals surface area contributed by atoms with Gasteiger partial charge in [-0.3, -0.25) is 4.99 Å². The minimum Gasteiger partial charge on any atom is -0.472 e. The minimum atomic E-state index is -0.548. The lowest BCUT2D eigenvalue weighted by molar-refractivity contribution is 0.0713. The first-order valence-electron chi connectivity index (χ1n) is 7.82. The molecule has 1 spiro atoms. The number of rotatable bonds is 1. The normalized spacial score (nSPS) is 22.7. The lowest BCUT2D eigenvalue weighted by atomic mass is 9.78. The van der Waals surface area contributed by atoms with Crippen LogP contribution in [0.25, 0.3) is 11.1 Å². The Morgan fingerprint density at radius 2 is 1.91 bits per heavy atom. The first-order chi connectivity index (χ1) is 11.0. The third-order valence-electron chi connectivity index (χ3n) is 4.74. The summed E-state index contributed by atoms with van der Waals surface area (Å²) in [7, 11) is 0. The Morgan fingerprint density at radius 1 is 1.13 bits per heavy atom. The highest BCUT2D eigenvalue weighted by atomic mass is 19.1. The summed E-state index contributed by atoms with van der Waals surface area (Å²) in [5.41, 5.74) is 3.61. The second kappa shape index (κ2) is 5.15. The van der Waals surface area contributed by atoms with Gasteiger partial charge in [-0.25, -0.2) is 8.78 Å². The zero-order valence-corrected chi connectivity index (χ0v) is 12.9. The highest BCUT2D eigenvalue weighted by Crippen LogP contribution is 2.39. The van der Waals surface area contributed by atoms with Gasteiger partial charge in [0.05, 0.1) is 6.54 Å². The highest BCUT2D eigenvalue weighted by Gasteiger charge is 2.40. The van der Waals surface area contributed by atoms with Crippen LogP contribution >= 0.6 is 0 Å². The molecule has 1 aliphatic heterocycles. The summed E-state index contributed by atoms with van der Waals surface area (Å²) < 4.78 is 33.1. The van der Waals surface area contributed by atoms with E-state index in [0.29, 0.717) is 12.1 Å². The van der Waals surface area contributed by atoms with Gasteiger partial charge in [-0.1, -0.05) is 18.2 Å². The molecule has 0 radical (unpaired) electrons. The number of hydrogen-bond donors (Lipinski definition) is 0. The Balaban J connectivity index is 1.74. The molecule has 0 N–H and O–H groups in total. The van der Waals surface area contributed by atoms with Crippen molar-refractivity contribution in [1.29, 1.82) is 0 Å². The van der Waals surface area contributed by atoms with Crippen molar-refractivity contribution in [2.75, 3.05) is 6.54 Å². The summed E-state index contributed by atoms with van der Waals surface area (Å²) in [5.74, 6) is -0.349. The molecule has 2 aromatic carbocycles. The first-order valence-corrected chi connectivity index (χ1v) is 7.82. The number of fused-ring (bicyclic) bond motifs is 1. The van der Waals surface area contributed by atoms with Gasteiger partial charge < -0.3 is 4.74 Å². The van der Waals surface area contributed by atoms with Crippen molar-refractivity contribution in [1.82, 2.24) is 0 Å². The molecule has 23 heavy (non-hydrogen) atoms. The Kier molecular flexibility index (Phi) is 3.22. The third-order valence-corrected chi connectivity index (χ3v) is 4.74. The van der Waals surface area contributed by atoms with Gasteiger partial charge in [-0.05, 0) is 47.2 Å². The van der Waals surface area contributed by atoms with Gasteiger partial charge in [-0.15, -0.1) is 0 Å². The Morgan fingerprint density at radius 3 is 2.61 bits per heavy atom. The van der Waals surface area contributed by atoms with Crippen LogP contribution < -0.4 is 0 Å². The molecule has 1 heterocycles. The number of ether oxygens (including phenoxy) is 1. The third kappa shape index (κ3) is 2.52. The van der Waals surface area contributed by atoms with Gasteiger partial charge >= 0.3 is 0 Å². The maximum atomic E-state index is 13.6. The van der Waals surface area contributed by atoms with Crippen molar-refractivity contribution in [3.63, 3.8) is 0 Å². The van der Waals surface area contributed by atoms with E-state index in [1.54, 1.807) is 0 Å². The fourth-order valence-electron chi connectivity index (χ4n) is 3.72. The summed E-state index contributed by atoms with van der Waals surface area (Å²) in [5, 5.41) is 0. The molecule has 0 saturated heterocycles. The average Bonchev–Trinajstić information content (AvgIpc) is 2.86. The van der Waals surface area contributed by atoms with E-state index in [4.69, 9.17) is 4.74 Å². The summed E-state index contributed by atoms with van der Waals surface area (Å²) in [6, 6.07) is 9.64. The van der Waals surface area contributed by atoms with E-state index in [9.17, 15) is 8.78 Å². The monoisotopic (exact) mass is 313 g/mol. The van der Waals surface area contributed by atoms with Gasteiger partial charge in [0, 0.05) is 19.4 Å². The molecule has 0 bridgehead atoms. The molecule has 0 fully saturated rings. The SMILES string of the molecule is CC1=NC[C@]2(CCc3c(cccc3-c3cc(F)cc(F)c3)C2)O1. The first kappa shape index (κ1) is 14.4. The van der Waals surface area contributed by atoms with Crippen LogP contribution in [-0.2, 0) is 17.6 Å². The van der Waals surface area contributed by atoms with Crippen LogP contribution in [-0.4, -0.2) is 18.0 Å². The van der Waals surface area contributed by atoms with Gasteiger partial charge in [-0.2, -0.15) is 0 Å². The van der Waals surface area contributed by atoms with Gasteiger partial charge in [0.15, 0.2) is 5.90 Å². The lowest BCUT2D eigenvalue weighted by Crippen LogP contribution is -2.39. The van der Waals surface area contributed by atoms with Crippen LogP contribution in [0.2, 0.25) is 0 Å². The second-order valence-electron chi connectivity index (χ2n) is 6.40. The standard InChI is InChI=1S/C19H17F2NO/c1-12-22-11-19(23-12)6-5-18-13(10-19)3-2-4-17(18)14-7-15(20)9-16(21)8-14/h2-4,7-9H,5-6,10-11H2,1H3/t19-/m1/s1. The molecule has 0 unspecified atom stereocenters. The lowest BCUT2D eigenvalue weighted by Gasteiger charge is -2.34. The topological polar surface area (TPSA) is 21.6 Å². The van der Waals surface area contributed by atoms with Crippen LogP contribution in [0.15, 0.2) is 41.4 Å². The van der Waals surface area contributed by atoms with Gasteiger partial charge in [0.1, 0.15) is 17.2 Å². The fourth-order valence-corrected chi connectivity index (χ4v) is 3.72. The van der Waals surface area contributed by atoms with Crippen molar-refractivity contribution >= 4 is 5.90 Å². The summed E-state index contributed by atoms with van der Waals surface area (Å²) in [4.78, 5) is 4.39. The molecule has 2 aromatic rings. The summed E-state index contributed by atoms with van der Waals surface area (Å²) in [6.45, 7) is 2.58. The van der Waals surface area contributed by atoms with Crippen LogP contribution in [0.1, 0.15) is 24.5 Å². The molecule has 0 amide bonds. The van der Waals surface area contributed by atoms with Crippen molar-refractivity contribution in [2.45, 2.75) is 31.8 Å². The van der Waals surface area contributed by atoms with Crippen molar-refractivity contribution < 1.29 is 13.5 Å². The van der Waals surface area contributed by atoms with E-state index >= 15 is 0 Å². The molecule has 0 aromatic heterocycles. The molecule has 2 aliphatic rings. The molecular formula is C19H17F2NO.